The molecule has 0 aliphatic heterocycles. The van der Waals surface area contributed by atoms with Crippen molar-refractivity contribution in [1.29, 1.82) is 0 Å². The molecule has 0 fully saturated rings. The number of hydrogen-bond acceptors (Lipinski definition) is 3. The van der Waals surface area contributed by atoms with Crippen molar-refractivity contribution in [2.24, 2.45) is 0 Å². The molecule has 1 aromatic heterocycles. The highest BCUT2D eigenvalue weighted by atomic mass is 16.4. The fourth-order valence-electron chi connectivity index (χ4n) is 2.26. The molecule has 0 spiro atoms. The number of aryl methyl sites for hydroxylation is 1. The van der Waals surface area contributed by atoms with Crippen LogP contribution in [-0.4, -0.2) is 33.2 Å². The van der Waals surface area contributed by atoms with Crippen LogP contribution in [-0.2, 0) is 24.2 Å². The Labute approximate surface area is 101 Å². The van der Waals surface area contributed by atoms with Gasteiger partial charge in [0, 0.05) is 5.69 Å². The number of rotatable bonds is 4. The Hall–Kier alpha value is -1.36. The van der Waals surface area contributed by atoms with Crippen molar-refractivity contribution >= 4 is 5.97 Å². The summed E-state index contributed by atoms with van der Waals surface area (Å²) in [6, 6.07) is 0. The van der Waals surface area contributed by atoms with Crippen LogP contribution >= 0.6 is 0 Å². The van der Waals surface area contributed by atoms with Crippen molar-refractivity contribution < 1.29 is 9.90 Å². The Balaban J connectivity index is 2.24. The predicted octanol–water partition coefficient (Wildman–Crippen LogP) is 0.825. The van der Waals surface area contributed by atoms with Crippen molar-refractivity contribution in [3.63, 3.8) is 0 Å². The van der Waals surface area contributed by atoms with Crippen LogP contribution in [0, 0.1) is 0 Å². The summed E-state index contributed by atoms with van der Waals surface area (Å²) in [4.78, 5) is 15.6. The fourth-order valence-corrected chi connectivity index (χ4v) is 2.26. The number of fused-ring (bicyclic) bond motifs is 1. The molecule has 94 valence electrons. The fraction of sp³-hybridized carbons (Fsp3) is 0.667. The normalized spacial score (nSPS) is 18.5. The van der Waals surface area contributed by atoms with E-state index >= 15 is 0 Å². The van der Waals surface area contributed by atoms with Gasteiger partial charge in [-0.2, -0.15) is 0 Å². The average molecular weight is 237 g/mol. The Bertz CT molecular complexity index is 427. The van der Waals surface area contributed by atoms with Gasteiger partial charge in [-0.3, -0.25) is 4.79 Å². The van der Waals surface area contributed by atoms with Crippen LogP contribution in [0.3, 0.4) is 0 Å². The van der Waals surface area contributed by atoms with Crippen molar-refractivity contribution in [3.05, 3.63) is 17.7 Å². The first kappa shape index (κ1) is 12.1. The van der Waals surface area contributed by atoms with Crippen molar-refractivity contribution in [2.75, 3.05) is 7.05 Å². The monoisotopic (exact) mass is 237 g/mol. The van der Waals surface area contributed by atoms with Crippen LogP contribution in [0.25, 0.3) is 0 Å². The van der Waals surface area contributed by atoms with Gasteiger partial charge in [-0.25, -0.2) is 4.98 Å². The van der Waals surface area contributed by atoms with Gasteiger partial charge in [0.15, 0.2) is 0 Å². The maximum absolute atomic E-state index is 11.3. The van der Waals surface area contributed by atoms with E-state index in [0.717, 1.165) is 18.5 Å². The number of carbonyl (C=O) groups is 1. The van der Waals surface area contributed by atoms with Crippen molar-refractivity contribution in [2.45, 2.75) is 44.7 Å². The molecule has 1 aromatic rings. The quantitative estimate of drug-likeness (QED) is 0.813. The second-order valence-electron chi connectivity index (χ2n) is 4.86. The lowest BCUT2D eigenvalue weighted by atomic mass is 9.99. The third kappa shape index (κ3) is 2.20. The molecule has 0 aromatic carbocycles. The first-order valence-corrected chi connectivity index (χ1v) is 6.02. The van der Waals surface area contributed by atoms with Crippen LogP contribution in [0.4, 0.5) is 0 Å². The summed E-state index contributed by atoms with van der Waals surface area (Å²) in [6.45, 7) is 2.12. The third-order valence-corrected chi connectivity index (χ3v) is 3.62. The minimum atomic E-state index is -0.939. The molecule has 5 nitrogen and oxygen atoms in total. The average Bonchev–Trinajstić information content (AvgIpc) is 2.72. The largest absolute Gasteiger partial charge is 0.480 e. The van der Waals surface area contributed by atoms with E-state index in [1.165, 1.54) is 18.5 Å². The zero-order valence-electron chi connectivity index (χ0n) is 10.4. The van der Waals surface area contributed by atoms with Crippen LogP contribution in [0.15, 0.2) is 6.33 Å². The van der Waals surface area contributed by atoms with Gasteiger partial charge in [0.25, 0.3) is 0 Å². The van der Waals surface area contributed by atoms with E-state index in [-0.39, 0.29) is 0 Å². The molecule has 0 amide bonds. The zero-order valence-corrected chi connectivity index (χ0v) is 10.4. The number of carboxylic acids is 1. The van der Waals surface area contributed by atoms with Crippen molar-refractivity contribution in [1.82, 2.24) is 14.9 Å². The maximum Gasteiger partial charge on any atom is 0.325 e. The SMILES string of the molecule is CNC(C)(Cn1cnc2c1CCCC2)C(=O)O. The van der Waals surface area contributed by atoms with Gasteiger partial charge in [0.1, 0.15) is 5.54 Å². The molecule has 2 rings (SSSR count). The summed E-state index contributed by atoms with van der Waals surface area (Å²) in [7, 11) is 1.68. The molecule has 0 saturated heterocycles. The predicted molar refractivity (Wildman–Crippen MR) is 64.0 cm³/mol. The van der Waals surface area contributed by atoms with E-state index in [0.29, 0.717) is 6.54 Å². The van der Waals surface area contributed by atoms with Crippen molar-refractivity contribution in [3.8, 4) is 0 Å². The van der Waals surface area contributed by atoms with E-state index in [9.17, 15) is 9.90 Å². The zero-order chi connectivity index (χ0) is 12.5. The molecule has 1 atom stereocenters. The lowest BCUT2D eigenvalue weighted by molar-refractivity contribution is -0.144. The third-order valence-electron chi connectivity index (χ3n) is 3.62. The van der Waals surface area contributed by atoms with Crippen LogP contribution in [0.1, 0.15) is 31.2 Å². The molecule has 1 heterocycles. The van der Waals surface area contributed by atoms with E-state index in [4.69, 9.17) is 0 Å². The molecule has 1 aliphatic carbocycles. The molecular weight excluding hydrogens is 218 g/mol. The van der Waals surface area contributed by atoms with Gasteiger partial charge >= 0.3 is 5.97 Å². The molecule has 1 unspecified atom stereocenters. The summed E-state index contributed by atoms with van der Waals surface area (Å²) in [5, 5.41) is 12.1. The summed E-state index contributed by atoms with van der Waals surface area (Å²) >= 11 is 0. The van der Waals surface area contributed by atoms with E-state index < -0.39 is 11.5 Å². The summed E-state index contributed by atoms with van der Waals surface area (Å²) in [5.74, 6) is -0.835. The second kappa shape index (κ2) is 4.49. The highest BCUT2D eigenvalue weighted by Crippen LogP contribution is 2.21. The minimum absolute atomic E-state index is 0.418. The van der Waals surface area contributed by atoms with E-state index in [2.05, 4.69) is 10.3 Å². The highest BCUT2D eigenvalue weighted by Gasteiger charge is 2.32. The Morgan fingerprint density at radius 1 is 1.59 bits per heavy atom. The molecule has 5 heteroatoms. The standard InChI is InChI=1S/C12H19N3O2/c1-12(13-2,11(16)17)7-15-8-14-9-5-3-4-6-10(9)15/h8,13H,3-7H2,1-2H3,(H,16,17). The number of aliphatic carboxylic acids is 1. The molecule has 0 radical (unpaired) electrons. The van der Waals surface area contributed by atoms with Gasteiger partial charge in [0.05, 0.1) is 18.6 Å². The number of aromatic nitrogens is 2. The Kier molecular flexibility index (Phi) is 3.19. The lowest BCUT2D eigenvalue weighted by Gasteiger charge is -2.26. The van der Waals surface area contributed by atoms with Gasteiger partial charge in [0.2, 0.25) is 0 Å². The smallest absolute Gasteiger partial charge is 0.325 e. The first-order valence-electron chi connectivity index (χ1n) is 6.02. The minimum Gasteiger partial charge on any atom is -0.480 e. The Morgan fingerprint density at radius 2 is 2.29 bits per heavy atom. The number of carboxylic acid groups (broad SMARTS) is 1. The second-order valence-corrected chi connectivity index (χ2v) is 4.86. The summed E-state index contributed by atoms with van der Waals surface area (Å²) in [5.41, 5.74) is 1.41. The van der Waals surface area contributed by atoms with Crippen LogP contribution in [0.5, 0.6) is 0 Å². The molecule has 1 aliphatic rings. The topological polar surface area (TPSA) is 67.2 Å². The molecule has 2 N–H and O–H groups in total. The van der Waals surface area contributed by atoms with Gasteiger partial charge in [-0.1, -0.05) is 0 Å². The van der Waals surface area contributed by atoms with E-state index in [1.807, 2.05) is 4.57 Å². The van der Waals surface area contributed by atoms with Crippen LogP contribution in [0.2, 0.25) is 0 Å². The first-order chi connectivity index (χ1) is 8.07. The van der Waals surface area contributed by atoms with E-state index in [1.54, 1.807) is 20.3 Å². The Morgan fingerprint density at radius 3 is 2.94 bits per heavy atom. The number of imidazole rings is 1. The summed E-state index contributed by atoms with van der Waals surface area (Å²) < 4.78 is 1.99. The van der Waals surface area contributed by atoms with Gasteiger partial charge in [-0.05, 0) is 39.7 Å². The van der Waals surface area contributed by atoms with Gasteiger partial charge in [-0.15, -0.1) is 0 Å². The molecule has 0 bridgehead atoms. The number of nitrogens with zero attached hydrogens (tertiary/aromatic N) is 2. The summed E-state index contributed by atoms with van der Waals surface area (Å²) in [6.07, 6.45) is 6.16. The number of hydrogen-bond donors (Lipinski definition) is 2. The molecule has 17 heavy (non-hydrogen) atoms. The molecular formula is C12H19N3O2. The number of likely N-dealkylation sites (N-methyl/N-ethyl adjacent to an activating group) is 1. The molecule has 0 saturated carbocycles. The van der Waals surface area contributed by atoms with Gasteiger partial charge < -0.3 is 15.0 Å². The highest BCUT2D eigenvalue weighted by molar-refractivity contribution is 5.78. The maximum atomic E-state index is 11.3. The number of nitrogens with one attached hydrogen (secondary N) is 1. The van der Waals surface area contributed by atoms with Crippen LogP contribution < -0.4 is 5.32 Å². The lowest BCUT2D eigenvalue weighted by Crippen LogP contribution is -2.51.